The number of carbonyl (C=O) groups excluding carboxylic acids is 2. The van der Waals surface area contributed by atoms with E-state index < -0.39 is 11.4 Å². The number of ether oxygens (including phenoxy) is 3. The molecule has 0 radical (unpaired) electrons. The maximum Gasteiger partial charge on any atom is 0.371 e. The molecule has 3 rings (SSSR count). The van der Waals surface area contributed by atoms with Gasteiger partial charge in [-0.05, 0) is 86.5 Å². The van der Waals surface area contributed by atoms with E-state index in [0.29, 0.717) is 6.61 Å². The summed E-state index contributed by atoms with van der Waals surface area (Å²) in [5.41, 5.74) is -0.593. The average molecular weight is 439 g/mol. The lowest BCUT2D eigenvalue weighted by atomic mass is 9.87. The second-order valence-corrected chi connectivity index (χ2v) is 10.5. The molecule has 2 heterocycles. The van der Waals surface area contributed by atoms with Crippen LogP contribution in [-0.4, -0.2) is 71.1 Å². The minimum absolute atomic E-state index is 0.0654. The van der Waals surface area contributed by atoms with Gasteiger partial charge in [-0.15, -0.1) is 0 Å². The van der Waals surface area contributed by atoms with Gasteiger partial charge in [0.15, 0.2) is 0 Å². The molecule has 3 aliphatic rings. The van der Waals surface area contributed by atoms with Crippen molar-refractivity contribution in [3.05, 3.63) is 0 Å². The minimum Gasteiger partial charge on any atom is -0.466 e. The highest BCUT2D eigenvalue weighted by Gasteiger charge is 2.60. The zero-order valence-corrected chi connectivity index (χ0v) is 20.3. The maximum absolute atomic E-state index is 13.8. The second-order valence-electron chi connectivity index (χ2n) is 10.5. The summed E-state index contributed by atoms with van der Waals surface area (Å²) in [6.45, 7) is 14.0. The molecule has 1 aliphatic carbocycles. The first kappa shape index (κ1) is 24.5. The molecule has 3 atom stereocenters. The van der Waals surface area contributed by atoms with E-state index in [0.717, 1.165) is 58.0 Å². The van der Waals surface area contributed by atoms with Crippen LogP contribution < -0.4 is 0 Å². The van der Waals surface area contributed by atoms with E-state index in [2.05, 4.69) is 23.6 Å². The third kappa shape index (κ3) is 5.25. The van der Waals surface area contributed by atoms with Crippen molar-refractivity contribution < 1.29 is 23.8 Å². The van der Waals surface area contributed by atoms with Crippen molar-refractivity contribution in [1.29, 1.82) is 0 Å². The lowest BCUT2D eigenvalue weighted by Crippen LogP contribution is -2.76. The SMILES string of the molecule is CCOC(=O)C1CCC(OC(C(=O)OC(C)(C)C)(N2CCCC2)N2[C@@H](C)C[C@@H]2C)CC1. The Hall–Kier alpha value is -1.18. The quantitative estimate of drug-likeness (QED) is 0.562. The van der Waals surface area contributed by atoms with E-state index >= 15 is 0 Å². The van der Waals surface area contributed by atoms with Gasteiger partial charge in [-0.3, -0.25) is 9.69 Å². The van der Waals surface area contributed by atoms with Gasteiger partial charge in [-0.25, -0.2) is 9.69 Å². The van der Waals surface area contributed by atoms with Crippen LogP contribution in [0.3, 0.4) is 0 Å². The van der Waals surface area contributed by atoms with E-state index in [9.17, 15) is 9.59 Å². The van der Waals surface area contributed by atoms with Crippen LogP contribution in [0.15, 0.2) is 0 Å². The molecule has 0 bridgehead atoms. The highest BCUT2D eigenvalue weighted by atomic mass is 16.6. The first-order valence-electron chi connectivity index (χ1n) is 12.2. The molecule has 31 heavy (non-hydrogen) atoms. The van der Waals surface area contributed by atoms with Crippen LogP contribution in [0.5, 0.6) is 0 Å². The minimum atomic E-state index is -1.19. The smallest absolute Gasteiger partial charge is 0.371 e. The van der Waals surface area contributed by atoms with Crippen LogP contribution in [0.4, 0.5) is 0 Å². The molecule has 0 N–H and O–H groups in total. The normalized spacial score (nSPS) is 32.2. The lowest BCUT2D eigenvalue weighted by Gasteiger charge is -2.58. The van der Waals surface area contributed by atoms with E-state index in [1.807, 2.05) is 27.7 Å². The lowest BCUT2D eigenvalue weighted by molar-refractivity contribution is -0.308. The fourth-order valence-electron chi connectivity index (χ4n) is 5.47. The third-order valence-electron chi connectivity index (χ3n) is 6.81. The van der Waals surface area contributed by atoms with Crippen molar-refractivity contribution in [2.45, 2.75) is 116 Å². The zero-order valence-electron chi connectivity index (χ0n) is 20.3. The van der Waals surface area contributed by atoms with Gasteiger partial charge in [0.05, 0.1) is 18.6 Å². The summed E-state index contributed by atoms with van der Waals surface area (Å²) in [7, 11) is 0. The number of rotatable bonds is 7. The van der Waals surface area contributed by atoms with E-state index in [1.165, 1.54) is 0 Å². The van der Waals surface area contributed by atoms with E-state index in [1.54, 1.807) is 0 Å². The Bertz CT molecular complexity index is 626. The van der Waals surface area contributed by atoms with E-state index in [4.69, 9.17) is 14.2 Å². The molecule has 0 aromatic heterocycles. The Morgan fingerprint density at radius 1 is 0.968 bits per heavy atom. The molecule has 1 saturated carbocycles. The molecular weight excluding hydrogens is 396 g/mol. The molecule has 0 amide bonds. The van der Waals surface area contributed by atoms with Crippen LogP contribution in [0.25, 0.3) is 0 Å². The van der Waals surface area contributed by atoms with Gasteiger partial charge in [-0.2, -0.15) is 0 Å². The highest BCUT2D eigenvalue weighted by Crippen LogP contribution is 2.42. The van der Waals surface area contributed by atoms with Gasteiger partial charge in [0, 0.05) is 25.2 Å². The van der Waals surface area contributed by atoms with Gasteiger partial charge in [0.25, 0.3) is 5.85 Å². The molecule has 0 aromatic carbocycles. The van der Waals surface area contributed by atoms with Crippen molar-refractivity contribution >= 4 is 11.9 Å². The number of nitrogens with zero attached hydrogens (tertiary/aromatic N) is 2. The Labute approximate surface area is 187 Å². The summed E-state index contributed by atoms with van der Waals surface area (Å²) in [6.07, 6.45) is 6.03. The molecule has 7 heteroatoms. The summed E-state index contributed by atoms with van der Waals surface area (Å²) in [6, 6.07) is 0.498. The fraction of sp³-hybridized carbons (Fsp3) is 0.917. The standard InChI is InChI=1S/C24H42N2O5/c1-7-29-21(27)19-10-12-20(13-11-19)30-24(25-14-8-9-15-25,22(28)31-23(4,5)6)26-17(2)16-18(26)3/h17-20H,7-16H2,1-6H3/t17-,18-,19?,20?,24?/m0/s1. The molecule has 0 spiro atoms. The predicted molar refractivity (Wildman–Crippen MR) is 118 cm³/mol. The van der Waals surface area contributed by atoms with Crippen molar-refractivity contribution in [2.24, 2.45) is 5.92 Å². The highest BCUT2D eigenvalue weighted by molar-refractivity contribution is 5.79. The number of likely N-dealkylation sites (tertiary alicyclic amines) is 2. The molecule has 2 saturated heterocycles. The second kappa shape index (κ2) is 9.75. The number of hydrogen-bond acceptors (Lipinski definition) is 7. The summed E-state index contributed by atoms with van der Waals surface area (Å²) >= 11 is 0. The molecule has 0 aromatic rings. The van der Waals surface area contributed by atoms with Crippen molar-refractivity contribution in [1.82, 2.24) is 9.80 Å². The monoisotopic (exact) mass is 438 g/mol. The van der Waals surface area contributed by atoms with Crippen molar-refractivity contribution in [3.8, 4) is 0 Å². The van der Waals surface area contributed by atoms with Crippen LogP contribution >= 0.6 is 0 Å². The predicted octanol–water partition coefficient (Wildman–Crippen LogP) is 3.70. The zero-order chi connectivity index (χ0) is 22.8. The van der Waals surface area contributed by atoms with Crippen molar-refractivity contribution in [3.63, 3.8) is 0 Å². The summed E-state index contributed by atoms with van der Waals surface area (Å²) in [5, 5.41) is 0. The topological polar surface area (TPSA) is 68.3 Å². The fourth-order valence-corrected chi connectivity index (χ4v) is 5.47. The molecule has 7 nitrogen and oxygen atoms in total. The van der Waals surface area contributed by atoms with Gasteiger partial charge < -0.3 is 14.2 Å². The van der Waals surface area contributed by atoms with E-state index in [-0.39, 0.29) is 36.0 Å². The largest absolute Gasteiger partial charge is 0.466 e. The van der Waals surface area contributed by atoms with Gasteiger partial charge in [0.1, 0.15) is 5.60 Å². The maximum atomic E-state index is 13.8. The van der Waals surface area contributed by atoms with Gasteiger partial charge in [-0.1, -0.05) is 0 Å². The average Bonchev–Trinajstić information content (AvgIpc) is 3.21. The van der Waals surface area contributed by atoms with Crippen LogP contribution in [0.2, 0.25) is 0 Å². The summed E-state index contributed by atoms with van der Waals surface area (Å²) < 4.78 is 18.0. The number of hydrogen-bond donors (Lipinski definition) is 0. The van der Waals surface area contributed by atoms with Crippen LogP contribution in [-0.2, 0) is 23.8 Å². The number of carbonyl (C=O) groups is 2. The Morgan fingerprint density at radius 3 is 2.03 bits per heavy atom. The van der Waals surface area contributed by atoms with Crippen LogP contribution in [0, 0.1) is 5.92 Å². The Kier molecular flexibility index (Phi) is 7.70. The van der Waals surface area contributed by atoms with Crippen LogP contribution in [0.1, 0.15) is 86.5 Å². The molecular formula is C24H42N2O5. The Morgan fingerprint density at radius 2 is 1.55 bits per heavy atom. The van der Waals surface area contributed by atoms with Gasteiger partial charge in [0.2, 0.25) is 0 Å². The molecule has 3 fully saturated rings. The third-order valence-corrected chi connectivity index (χ3v) is 6.81. The number of esters is 2. The first-order valence-corrected chi connectivity index (χ1v) is 12.2. The molecule has 2 aliphatic heterocycles. The van der Waals surface area contributed by atoms with Crippen molar-refractivity contribution in [2.75, 3.05) is 19.7 Å². The summed E-state index contributed by atoms with van der Waals surface area (Å²) in [5.74, 6) is -1.66. The Balaban J connectivity index is 1.85. The van der Waals surface area contributed by atoms with Gasteiger partial charge >= 0.3 is 11.9 Å². The summed E-state index contributed by atoms with van der Waals surface area (Å²) in [4.78, 5) is 30.4. The first-order chi connectivity index (χ1) is 14.6. The molecule has 178 valence electrons. The molecule has 1 unspecified atom stereocenters.